The van der Waals surface area contributed by atoms with E-state index in [2.05, 4.69) is 15.8 Å². The Balaban J connectivity index is 1.87. The topological polar surface area (TPSA) is 70.6 Å². The van der Waals surface area contributed by atoms with Gasteiger partial charge in [-0.1, -0.05) is 54.1 Å². The summed E-state index contributed by atoms with van der Waals surface area (Å²) in [5.41, 5.74) is 3.81. The number of amides is 2. The molecule has 0 aliphatic rings. The lowest BCUT2D eigenvalue weighted by atomic mass is 10.1. The number of nitrogens with one attached hydrogen (secondary N) is 2. The first-order valence-corrected chi connectivity index (χ1v) is 7.38. The standard InChI is InChI=1S/C17H16ClN3O2/c1-12(14-7-3-2-4-8-14)20-16(22)17(23)21-19-11-13-6-5-9-15(18)10-13/h2-12H,1H3,(H,20,22)(H,21,23)/b19-11-/t12-/m1/s1. The molecule has 118 valence electrons. The Hall–Kier alpha value is -2.66. The second-order valence-corrected chi connectivity index (χ2v) is 5.30. The van der Waals surface area contributed by atoms with E-state index in [4.69, 9.17) is 11.6 Å². The minimum Gasteiger partial charge on any atom is -0.341 e. The van der Waals surface area contributed by atoms with Gasteiger partial charge in [0.05, 0.1) is 12.3 Å². The van der Waals surface area contributed by atoms with Gasteiger partial charge in [-0.2, -0.15) is 5.10 Å². The van der Waals surface area contributed by atoms with Crippen molar-refractivity contribution in [1.82, 2.24) is 10.7 Å². The van der Waals surface area contributed by atoms with E-state index < -0.39 is 11.8 Å². The second kappa shape index (κ2) is 8.10. The Morgan fingerprint density at radius 1 is 1.09 bits per heavy atom. The fourth-order valence-corrected chi connectivity index (χ4v) is 2.09. The van der Waals surface area contributed by atoms with Gasteiger partial charge in [-0.05, 0) is 30.2 Å². The molecule has 0 spiro atoms. The quantitative estimate of drug-likeness (QED) is 0.514. The maximum atomic E-state index is 11.8. The third-order valence-electron chi connectivity index (χ3n) is 3.08. The SMILES string of the molecule is C[C@@H](NC(=O)C(=O)N/N=C\c1cccc(Cl)c1)c1ccccc1. The summed E-state index contributed by atoms with van der Waals surface area (Å²) in [6.45, 7) is 1.80. The smallest absolute Gasteiger partial charge is 0.329 e. The normalized spacial score (nSPS) is 11.9. The van der Waals surface area contributed by atoms with E-state index in [9.17, 15) is 9.59 Å². The van der Waals surface area contributed by atoms with Crippen LogP contribution in [0.5, 0.6) is 0 Å². The molecular weight excluding hydrogens is 314 g/mol. The first-order chi connectivity index (χ1) is 11.1. The van der Waals surface area contributed by atoms with Crippen molar-refractivity contribution in [2.75, 3.05) is 0 Å². The zero-order valence-electron chi connectivity index (χ0n) is 12.5. The van der Waals surface area contributed by atoms with Gasteiger partial charge in [-0.25, -0.2) is 5.43 Å². The highest BCUT2D eigenvalue weighted by Gasteiger charge is 2.16. The van der Waals surface area contributed by atoms with Crippen molar-refractivity contribution in [3.05, 3.63) is 70.7 Å². The maximum absolute atomic E-state index is 11.8. The third-order valence-corrected chi connectivity index (χ3v) is 3.32. The Morgan fingerprint density at radius 3 is 2.52 bits per heavy atom. The van der Waals surface area contributed by atoms with Crippen LogP contribution in [0.1, 0.15) is 24.1 Å². The van der Waals surface area contributed by atoms with Crippen molar-refractivity contribution < 1.29 is 9.59 Å². The molecule has 0 saturated heterocycles. The van der Waals surface area contributed by atoms with Crippen LogP contribution in [0.2, 0.25) is 5.02 Å². The largest absolute Gasteiger partial charge is 0.341 e. The van der Waals surface area contributed by atoms with Gasteiger partial charge in [0.2, 0.25) is 0 Å². The maximum Gasteiger partial charge on any atom is 0.329 e. The van der Waals surface area contributed by atoms with Crippen LogP contribution in [0, 0.1) is 0 Å². The van der Waals surface area contributed by atoms with E-state index in [0.717, 1.165) is 11.1 Å². The molecule has 0 aromatic heterocycles. The Bertz CT molecular complexity index is 717. The molecule has 0 saturated carbocycles. The van der Waals surface area contributed by atoms with Crippen LogP contribution in [-0.4, -0.2) is 18.0 Å². The van der Waals surface area contributed by atoms with Crippen LogP contribution < -0.4 is 10.7 Å². The van der Waals surface area contributed by atoms with Gasteiger partial charge in [-0.3, -0.25) is 9.59 Å². The number of hydrogen-bond acceptors (Lipinski definition) is 3. The molecule has 5 nitrogen and oxygen atoms in total. The van der Waals surface area contributed by atoms with E-state index in [1.54, 1.807) is 31.2 Å². The fourth-order valence-electron chi connectivity index (χ4n) is 1.89. The summed E-state index contributed by atoms with van der Waals surface area (Å²) in [6, 6.07) is 16.1. The van der Waals surface area contributed by atoms with Gasteiger partial charge in [0.25, 0.3) is 0 Å². The molecule has 0 unspecified atom stereocenters. The van der Waals surface area contributed by atoms with Crippen molar-refractivity contribution in [3.8, 4) is 0 Å². The van der Waals surface area contributed by atoms with Crippen molar-refractivity contribution >= 4 is 29.6 Å². The van der Waals surface area contributed by atoms with Crippen molar-refractivity contribution in [3.63, 3.8) is 0 Å². The van der Waals surface area contributed by atoms with Crippen LogP contribution in [0.15, 0.2) is 59.7 Å². The Labute approximate surface area is 139 Å². The Kier molecular flexibility index (Phi) is 5.88. The molecule has 0 heterocycles. The lowest BCUT2D eigenvalue weighted by molar-refractivity contribution is -0.139. The number of halogens is 1. The lowest BCUT2D eigenvalue weighted by Gasteiger charge is -2.13. The molecular formula is C17H16ClN3O2. The van der Waals surface area contributed by atoms with Crippen molar-refractivity contribution in [2.24, 2.45) is 5.10 Å². The molecule has 2 N–H and O–H groups in total. The van der Waals surface area contributed by atoms with E-state index in [0.29, 0.717) is 5.02 Å². The van der Waals surface area contributed by atoms with Crippen LogP contribution >= 0.6 is 11.6 Å². The number of carbonyl (C=O) groups excluding carboxylic acids is 2. The molecule has 2 aromatic carbocycles. The first kappa shape index (κ1) is 16.7. The zero-order valence-corrected chi connectivity index (χ0v) is 13.2. The summed E-state index contributed by atoms with van der Waals surface area (Å²) < 4.78 is 0. The van der Waals surface area contributed by atoms with Gasteiger partial charge in [0.15, 0.2) is 0 Å². The van der Waals surface area contributed by atoms with E-state index in [1.807, 2.05) is 30.3 Å². The molecule has 23 heavy (non-hydrogen) atoms. The van der Waals surface area contributed by atoms with E-state index in [1.165, 1.54) is 6.21 Å². The predicted octanol–water partition coefficient (Wildman–Crippen LogP) is 2.67. The average Bonchev–Trinajstić information content (AvgIpc) is 2.55. The minimum atomic E-state index is -0.828. The summed E-state index contributed by atoms with van der Waals surface area (Å²) in [5, 5.41) is 6.91. The lowest BCUT2D eigenvalue weighted by Crippen LogP contribution is -2.39. The van der Waals surface area contributed by atoms with Crippen LogP contribution in [0.4, 0.5) is 0 Å². The number of benzene rings is 2. The van der Waals surface area contributed by atoms with E-state index >= 15 is 0 Å². The minimum absolute atomic E-state index is 0.272. The molecule has 6 heteroatoms. The summed E-state index contributed by atoms with van der Waals surface area (Å²) in [4.78, 5) is 23.5. The average molecular weight is 330 g/mol. The van der Waals surface area contributed by atoms with Crippen LogP contribution in [0.25, 0.3) is 0 Å². The van der Waals surface area contributed by atoms with Gasteiger partial charge in [0, 0.05) is 5.02 Å². The highest BCUT2D eigenvalue weighted by atomic mass is 35.5. The van der Waals surface area contributed by atoms with Gasteiger partial charge < -0.3 is 5.32 Å². The highest BCUT2D eigenvalue weighted by molar-refractivity contribution is 6.35. The van der Waals surface area contributed by atoms with Gasteiger partial charge >= 0.3 is 11.8 Å². The Morgan fingerprint density at radius 2 is 1.83 bits per heavy atom. The molecule has 2 amide bonds. The van der Waals surface area contributed by atoms with Gasteiger partial charge in [0.1, 0.15) is 0 Å². The predicted molar refractivity (Wildman–Crippen MR) is 90.2 cm³/mol. The molecule has 2 rings (SSSR count). The number of rotatable bonds is 4. The molecule has 2 aromatic rings. The van der Waals surface area contributed by atoms with Crippen LogP contribution in [-0.2, 0) is 9.59 Å². The molecule has 0 radical (unpaired) electrons. The summed E-state index contributed by atoms with van der Waals surface area (Å²) in [6.07, 6.45) is 1.41. The second-order valence-electron chi connectivity index (χ2n) is 4.86. The third kappa shape index (κ3) is 5.23. The number of nitrogens with zero attached hydrogens (tertiary/aromatic N) is 1. The highest BCUT2D eigenvalue weighted by Crippen LogP contribution is 2.10. The summed E-state index contributed by atoms with van der Waals surface area (Å²) in [5.74, 6) is -1.57. The van der Waals surface area contributed by atoms with Crippen molar-refractivity contribution in [1.29, 1.82) is 0 Å². The molecule has 0 bridgehead atoms. The molecule has 1 atom stereocenters. The van der Waals surface area contributed by atoms with Gasteiger partial charge in [-0.15, -0.1) is 0 Å². The summed E-state index contributed by atoms with van der Waals surface area (Å²) >= 11 is 5.84. The first-order valence-electron chi connectivity index (χ1n) is 7.00. The van der Waals surface area contributed by atoms with Crippen molar-refractivity contribution in [2.45, 2.75) is 13.0 Å². The number of hydrazone groups is 1. The summed E-state index contributed by atoms with van der Waals surface area (Å²) in [7, 11) is 0. The number of hydrogen-bond donors (Lipinski definition) is 2. The van der Waals surface area contributed by atoms with E-state index in [-0.39, 0.29) is 6.04 Å². The fraction of sp³-hybridized carbons (Fsp3) is 0.118. The van der Waals surface area contributed by atoms with Crippen LogP contribution in [0.3, 0.4) is 0 Å². The molecule has 0 aliphatic carbocycles. The monoisotopic (exact) mass is 329 g/mol. The molecule has 0 fully saturated rings. The number of carbonyl (C=O) groups is 2. The molecule has 0 aliphatic heterocycles. The zero-order chi connectivity index (χ0) is 16.7.